The fraction of sp³-hybridized carbons (Fsp3) is 0.906. The van der Waals surface area contributed by atoms with E-state index in [2.05, 4.69) is 22.9 Å². The van der Waals surface area contributed by atoms with Crippen LogP contribution >= 0.6 is 0 Å². The van der Waals surface area contributed by atoms with Crippen LogP contribution in [0.2, 0.25) is 0 Å². The molecule has 0 radical (unpaired) electrons. The van der Waals surface area contributed by atoms with Crippen molar-refractivity contribution in [3.63, 3.8) is 0 Å². The van der Waals surface area contributed by atoms with Crippen molar-refractivity contribution in [3.8, 4) is 0 Å². The van der Waals surface area contributed by atoms with Crippen molar-refractivity contribution in [3.05, 3.63) is 0 Å². The van der Waals surface area contributed by atoms with Crippen LogP contribution in [0.3, 0.4) is 0 Å². The second-order valence-electron chi connectivity index (χ2n) is 11.9. The SMILES string of the molecule is CC(CCCOC(=O)NCCCCCCN)(CCCOC(=O)NCCCCCCN)CCCOC(=O)NCCCCCCN. The monoisotopic (exact) mass is 631 g/mol. The Morgan fingerprint density at radius 1 is 0.455 bits per heavy atom. The Hall–Kier alpha value is -2.31. The first-order valence-electron chi connectivity index (χ1n) is 17.2. The zero-order valence-electron chi connectivity index (χ0n) is 27.8. The molecule has 0 bridgehead atoms. The van der Waals surface area contributed by atoms with Gasteiger partial charge < -0.3 is 47.4 Å². The molecule has 0 spiro atoms. The molecule has 3 amide bonds. The lowest BCUT2D eigenvalue weighted by Gasteiger charge is -2.30. The minimum Gasteiger partial charge on any atom is -0.450 e. The molecule has 12 heteroatoms. The molecule has 0 saturated heterocycles. The average Bonchev–Trinajstić information content (AvgIpc) is 3.01. The van der Waals surface area contributed by atoms with Gasteiger partial charge in [0.15, 0.2) is 0 Å². The van der Waals surface area contributed by atoms with Crippen LogP contribution in [0.5, 0.6) is 0 Å². The summed E-state index contributed by atoms with van der Waals surface area (Å²) in [5.41, 5.74) is 16.4. The molecule has 44 heavy (non-hydrogen) atoms. The van der Waals surface area contributed by atoms with Crippen molar-refractivity contribution in [1.29, 1.82) is 0 Å². The maximum atomic E-state index is 12.0. The van der Waals surface area contributed by atoms with Crippen molar-refractivity contribution >= 4 is 18.3 Å². The summed E-state index contributed by atoms with van der Waals surface area (Å²) in [5.74, 6) is 0. The van der Waals surface area contributed by atoms with Gasteiger partial charge in [0, 0.05) is 19.6 Å². The molecule has 0 rings (SSSR count). The lowest BCUT2D eigenvalue weighted by atomic mass is 9.77. The summed E-state index contributed by atoms with van der Waals surface area (Å²) in [6.45, 7) is 7.11. The predicted octanol–water partition coefficient (Wildman–Crippen LogP) is 5.07. The number of carbonyl (C=O) groups is 3. The van der Waals surface area contributed by atoms with Crippen LogP contribution in [0.25, 0.3) is 0 Å². The highest BCUT2D eigenvalue weighted by atomic mass is 16.6. The molecule has 0 saturated carbocycles. The molecule has 0 aliphatic rings. The minimum absolute atomic E-state index is 0.0749. The van der Waals surface area contributed by atoms with Crippen molar-refractivity contribution in [2.45, 2.75) is 122 Å². The topological polar surface area (TPSA) is 193 Å². The van der Waals surface area contributed by atoms with Gasteiger partial charge in [-0.05, 0) is 102 Å². The Labute approximate surface area is 267 Å². The van der Waals surface area contributed by atoms with Gasteiger partial charge in [0.2, 0.25) is 0 Å². The van der Waals surface area contributed by atoms with E-state index < -0.39 is 0 Å². The minimum atomic E-state index is -0.386. The first-order valence-corrected chi connectivity index (χ1v) is 17.2. The summed E-state index contributed by atoms with van der Waals surface area (Å²) in [4.78, 5) is 36.0. The number of hydrogen-bond donors (Lipinski definition) is 6. The molecule has 0 aromatic carbocycles. The molecule has 9 N–H and O–H groups in total. The van der Waals surface area contributed by atoms with E-state index in [0.29, 0.717) is 59.1 Å². The van der Waals surface area contributed by atoms with Gasteiger partial charge >= 0.3 is 18.3 Å². The molecular formula is C32H66N6O6. The van der Waals surface area contributed by atoms with Gasteiger partial charge in [0.05, 0.1) is 19.8 Å². The van der Waals surface area contributed by atoms with Gasteiger partial charge in [0.25, 0.3) is 0 Å². The fourth-order valence-corrected chi connectivity index (χ4v) is 4.96. The number of alkyl carbamates (subject to hydrolysis) is 3. The normalized spacial score (nSPS) is 11.2. The van der Waals surface area contributed by atoms with Crippen LogP contribution in [-0.4, -0.2) is 77.4 Å². The van der Waals surface area contributed by atoms with Crippen molar-refractivity contribution in [2.75, 3.05) is 59.1 Å². The fourth-order valence-electron chi connectivity index (χ4n) is 4.96. The van der Waals surface area contributed by atoms with Gasteiger partial charge in [-0.3, -0.25) is 0 Å². The first-order chi connectivity index (χ1) is 21.4. The van der Waals surface area contributed by atoms with Crippen LogP contribution in [0.4, 0.5) is 14.4 Å². The Bertz CT molecular complexity index is 612. The molecule has 0 aromatic heterocycles. The predicted molar refractivity (Wildman–Crippen MR) is 176 cm³/mol. The standard InChI is InChI=1S/C32H66N6O6/c1-32(17-14-26-42-29(39)36-23-11-5-2-8-20-33,18-15-27-43-30(40)37-24-12-6-3-9-21-34)19-16-28-44-31(41)38-25-13-7-4-10-22-35/h2-28,33-35H2,1H3,(H,36,39)(H,37,40)(H,38,41). The van der Waals surface area contributed by atoms with E-state index in [0.717, 1.165) is 116 Å². The maximum absolute atomic E-state index is 12.0. The number of nitrogens with two attached hydrogens (primary N) is 3. The van der Waals surface area contributed by atoms with Crippen molar-refractivity contribution < 1.29 is 28.6 Å². The number of nitrogens with one attached hydrogen (secondary N) is 3. The summed E-state index contributed by atoms with van der Waals surface area (Å²) in [6, 6.07) is 0. The maximum Gasteiger partial charge on any atom is 0.407 e. The van der Waals surface area contributed by atoms with Crippen LogP contribution in [0.15, 0.2) is 0 Å². The lowest BCUT2D eigenvalue weighted by Crippen LogP contribution is -2.27. The van der Waals surface area contributed by atoms with Crippen LogP contribution in [0, 0.1) is 5.41 Å². The number of unbranched alkanes of at least 4 members (excludes halogenated alkanes) is 9. The Kier molecular flexibility index (Phi) is 29.1. The van der Waals surface area contributed by atoms with Gasteiger partial charge in [-0.15, -0.1) is 0 Å². The summed E-state index contributed by atoms with van der Waals surface area (Å²) in [5, 5.41) is 8.41. The molecule has 0 fully saturated rings. The molecule has 0 aliphatic heterocycles. The van der Waals surface area contributed by atoms with E-state index in [1.807, 2.05) is 0 Å². The van der Waals surface area contributed by atoms with E-state index in [9.17, 15) is 14.4 Å². The summed E-state index contributed by atoms with van der Waals surface area (Å²) in [7, 11) is 0. The highest BCUT2D eigenvalue weighted by molar-refractivity contribution is 5.67. The largest absolute Gasteiger partial charge is 0.450 e. The van der Waals surface area contributed by atoms with Gasteiger partial charge in [-0.25, -0.2) is 14.4 Å². The third-order valence-corrected chi connectivity index (χ3v) is 7.67. The van der Waals surface area contributed by atoms with E-state index in [4.69, 9.17) is 31.4 Å². The Morgan fingerprint density at radius 2 is 0.727 bits per heavy atom. The molecule has 0 aliphatic carbocycles. The third-order valence-electron chi connectivity index (χ3n) is 7.67. The zero-order chi connectivity index (χ0) is 32.6. The number of hydrogen-bond acceptors (Lipinski definition) is 9. The van der Waals surface area contributed by atoms with E-state index in [-0.39, 0.29) is 23.7 Å². The summed E-state index contributed by atoms with van der Waals surface area (Å²) < 4.78 is 16.1. The van der Waals surface area contributed by atoms with E-state index in [1.165, 1.54) is 0 Å². The number of rotatable bonds is 30. The second-order valence-corrected chi connectivity index (χ2v) is 11.9. The quantitative estimate of drug-likeness (QED) is 0.0464. The molecule has 260 valence electrons. The molecule has 0 aromatic rings. The van der Waals surface area contributed by atoms with E-state index in [1.54, 1.807) is 0 Å². The zero-order valence-corrected chi connectivity index (χ0v) is 27.8. The molecular weight excluding hydrogens is 564 g/mol. The highest BCUT2D eigenvalue weighted by Crippen LogP contribution is 2.34. The van der Waals surface area contributed by atoms with Crippen molar-refractivity contribution in [2.24, 2.45) is 22.6 Å². The van der Waals surface area contributed by atoms with Gasteiger partial charge in [-0.2, -0.15) is 0 Å². The van der Waals surface area contributed by atoms with Crippen LogP contribution in [0.1, 0.15) is 122 Å². The first kappa shape index (κ1) is 41.7. The molecule has 0 heterocycles. The number of ether oxygens (including phenoxy) is 3. The Morgan fingerprint density at radius 3 is 1.00 bits per heavy atom. The number of carbonyl (C=O) groups excluding carboxylic acids is 3. The lowest BCUT2D eigenvalue weighted by molar-refractivity contribution is 0.115. The van der Waals surface area contributed by atoms with Gasteiger partial charge in [0.1, 0.15) is 0 Å². The molecule has 12 nitrogen and oxygen atoms in total. The second kappa shape index (κ2) is 30.7. The third kappa shape index (κ3) is 28.5. The Balaban J connectivity index is 4.43. The van der Waals surface area contributed by atoms with Crippen LogP contribution < -0.4 is 33.2 Å². The molecule has 0 unspecified atom stereocenters. The van der Waals surface area contributed by atoms with E-state index >= 15 is 0 Å². The summed E-state index contributed by atoms with van der Waals surface area (Å²) in [6.07, 6.45) is 15.6. The average molecular weight is 631 g/mol. The molecule has 0 atom stereocenters. The highest BCUT2D eigenvalue weighted by Gasteiger charge is 2.24. The van der Waals surface area contributed by atoms with Gasteiger partial charge in [-0.1, -0.05) is 45.4 Å². The summed E-state index contributed by atoms with van der Waals surface area (Å²) >= 11 is 0. The smallest absolute Gasteiger partial charge is 0.407 e. The van der Waals surface area contributed by atoms with Crippen molar-refractivity contribution in [1.82, 2.24) is 16.0 Å². The number of amides is 3. The van der Waals surface area contributed by atoms with Crippen LogP contribution in [-0.2, 0) is 14.2 Å².